The van der Waals surface area contributed by atoms with Crippen LogP contribution in [0.15, 0.2) is 0 Å². The minimum Gasteiger partial charge on any atom is -0.459 e. The van der Waals surface area contributed by atoms with E-state index >= 15 is 0 Å². The lowest BCUT2D eigenvalue weighted by Crippen LogP contribution is -2.50. The van der Waals surface area contributed by atoms with Gasteiger partial charge >= 0.3 is 5.97 Å². The maximum absolute atomic E-state index is 12.7. The van der Waals surface area contributed by atoms with Crippen LogP contribution in [-0.2, 0) is 23.8 Å². The van der Waals surface area contributed by atoms with Gasteiger partial charge < -0.3 is 14.2 Å². The van der Waals surface area contributed by atoms with Crippen LogP contribution in [-0.4, -0.2) is 42.8 Å². The van der Waals surface area contributed by atoms with Gasteiger partial charge in [-0.2, -0.15) is 0 Å². The second-order valence-corrected chi connectivity index (χ2v) is 6.16. The van der Waals surface area contributed by atoms with Crippen molar-refractivity contribution in [1.82, 2.24) is 0 Å². The monoisotopic (exact) mass is 286 g/mol. The Bertz CT molecular complexity index is 344. The highest BCUT2D eigenvalue weighted by molar-refractivity contribution is 6.03. The fourth-order valence-electron chi connectivity index (χ4n) is 2.33. The first-order valence-corrected chi connectivity index (χ1v) is 7.21. The lowest BCUT2D eigenvalue weighted by atomic mass is 9.83. The van der Waals surface area contributed by atoms with Gasteiger partial charge in [-0.15, -0.1) is 0 Å². The highest BCUT2D eigenvalue weighted by Gasteiger charge is 2.45. The zero-order valence-corrected chi connectivity index (χ0v) is 13.2. The first-order chi connectivity index (χ1) is 9.22. The number of esters is 1. The fourth-order valence-corrected chi connectivity index (χ4v) is 2.33. The summed E-state index contributed by atoms with van der Waals surface area (Å²) in [6.45, 7) is 10.2. The molecule has 1 aliphatic heterocycles. The smallest absolute Gasteiger partial charge is 0.316 e. The highest BCUT2D eigenvalue weighted by atomic mass is 16.6. The van der Waals surface area contributed by atoms with Crippen molar-refractivity contribution in [1.29, 1.82) is 0 Å². The van der Waals surface area contributed by atoms with Crippen molar-refractivity contribution in [3.63, 3.8) is 0 Å². The van der Waals surface area contributed by atoms with Crippen LogP contribution in [0.5, 0.6) is 0 Å². The van der Waals surface area contributed by atoms with Crippen LogP contribution in [0.1, 0.15) is 47.5 Å². The maximum atomic E-state index is 12.7. The molecule has 0 saturated carbocycles. The predicted octanol–water partition coefficient (Wildman–Crippen LogP) is 2.12. The van der Waals surface area contributed by atoms with Crippen LogP contribution in [0.4, 0.5) is 0 Å². The average molecular weight is 286 g/mol. The van der Waals surface area contributed by atoms with Gasteiger partial charge in [-0.3, -0.25) is 9.59 Å². The molecule has 1 unspecified atom stereocenters. The Balaban J connectivity index is 2.81. The molecule has 0 radical (unpaired) electrons. The maximum Gasteiger partial charge on any atom is 0.316 e. The molecule has 0 aromatic heterocycles. The zero-order chi connectivity index (χ0) is 15.4. The third-order valence-corrected chi connectivity index (χ3v) is 3.32. The van der Waals surface area contributed by atoms with E-state index in [1.807, 2.05) is 6.92 Å². The van der Waals surface area contributed by atoms with Gasteiger partial charge in [0.25, 0.3) is 0 Å². The molecule has 0 amide bonds. The Morgan fingerprint density at radius 3 is 2.25 bits per heavy atom. The molecule has 5 nitrogen and oxygen atoms in total. The minimum absolute atomic E-state index is 0.197. The summed E-state index contributed by atoms with van der Waals surface area (Å²) in [5.41, 5.74) is -1.50. The van der Waals surface area contributed by atoms with Crippen molar-refractivity contribution in [2.24, 2.45) is 5.92 Å². The van der Waals surface area contributed by atoms with Crippen LogP contribution >= 0.6 is 0 Å². The topological polar surface area (TPSA) is 61.8 Å². The quantitative estimate of drug-likeness (QED) is 0.572. The third kappa shape index (κ3) is 4.28. The summed E-state index contributed by atoms with van der Waals surface area (Å²) in [7, 11) is 0. The van der Waals surface area contributed by atoms with E-state index in [-0.39, 0.29) is 5.78 Å². The molecule has 116 valence electrons. The molecule has 1 rings (SSSR count). The van der Waals surface area contributed by atoms with Crippen molar-refractivity contribution in [2.45, 2.75) is 58.7 Å². The van der Waals surface area contributed by atoms with E-state index in [0.717, 1.165) is 0 Å². The first kappa shape index (κ1) is 17.1. The van der Waals surface area contributed by atoms with Gasteiger partial charge in [-0.05, 0) is 34.6 Å². The SMILES string of the molecule is CCOC1(C(=O)C(C)C(=O)OC(C)(C)C)CCOCC1. The van der Waals surface area contributed by atoms with E-state index in [1.54, 1.807) is 27.7 Å². The largest absolute Gasteiger partial charge is 0.459 e. The number of rotatable bonds is 5. The summed E-state index contributed by atoms with van der Waals surface area (Å²) in [5, 5.41) is 0. The lowest BCUT2D eigenvalue weighted by Gasteiger charge is -2.37. The van der Waals surface area contributed by atoms with Crippen molar-refractivity contribution in [3.8, 4) is 0 Å². The van der Waals surface area contributed by atoms with Crippen LogP contribution in [0.3, 0.4) is 0 Å². The number of ether oxygens (including phenoxy) is 3. The van der Waals surface area contributed by atoms with Gasteiger partial charge in [0.1, 0.15) is 17.1 Å². The fraction of sp³-hybridized carbons (Fsp3) is 0.867. The van der Waals surface area contributed by atoms with Crippen LogP contribution < -0.4 is 0 Å². The molecular formula is C15H26O5. The van der Waals surface area contributed by atoms with Gasteiger partial charge in [0.15, 0.2) is 5.78 Å². The van der Waals surface area contributed by atoms with Crippen LogP contribution in [0.2, 0.25) is 0 Å². The van der Waals surface area contributed by atoms with E-state index in [2.05, 4.69) is 0 Å². The highest BCUT2D eigenvalue weighted by Crippen LogP contribution is 2.30. The molecule has 1 heterocycles. The second-order valence-electron chi connectivity index (χ2n) is 6.16. The van der Waals surface area contributed by atoms with E-state index in [9.17, 15) is 9.59 Å². The van der Waals surface area contributed by atoms with E-state index in [1.165, 1.54) is 0 Å². The third-order valence-electron chi connectivity index (χ3n) is 3.32. The standard InChI is InChI=1S/C15H26O5/c1-6-19-15(7-9-18-10-8-15)12(16)11(2)13(17)20-14(3,4)5/h11H,6-10H2,1-5H3. The molecule has 1 fully saturated rings. The summed E-state index contributed by atoms with van der Waals surface area (Å²) in [6, 6.07) is 0. The summed E-state index contributed by atoms with van der Waals surface area (Å²) in [6.07, 6.45) is 0.986. The molecular weight excluding hydrogens is 260 g/mol. The van der Waals surface area contributed by atoms with Crippen molar-refractivity contribution in [2.75, 3.05) is 19.8 Å². The molecule has 20 heavy (non-hydrogen) atoms. The van der Waals surface area contributed by atoms with Gasteiger partial charge in [0.2, 0.25) is 0 Å². The number of ketones is 1. The van der Waals surface area contributed by atoms with E-state index in [4.69, 9.17) is 14.2 Å². The Labute approximate surface area is 121 Å². The number of carbonyl (C=O) groups excluding carboxylic acids is 2. The number of hydrogen-bond donors (Lipinski definition) is 0. The lowest BCUT2D eigenvalue weighted by molar-refractivity contribution is -0.173. The molecule has 1 aliphatic rings. The summed E-state index contributed by atoms with van der Waals surface area (Å²) in [5.74, 6) is -1.51. The molecule has 1 saturated heterocycles. The Hall–Kier alpha value is -0.940. The van der Waals surface area contributed by atoms with E-state index < -0.39 is 23.1 Å². The van der Waals surface area contributed by atoms with Crippen LogP contribution in [0, 0.1) is 5.92 Å². The molecule has 0 N–H and O–H groups in total. The van der Waals surface area contributed by atoms with Gasteiger partial charge in [-0.25, -0.2) is 0 Å². The minimum atomic E-state index is -0.899. The molecule has 0 spiro atoms. The molecule has 5 heteroatoms. The molecule has 0 aliphatic carbocycles. The summed E-state index contributed by atoms with van der Waals surface area (Å²) < 4.78 is 16.3. The first-order valence-electron chi connectivity index (χ1n) is 7.21. The summed E-state index contributed by atoms with van der Waals surface area (Å²) >= 11 is 0. The normalized spacial score (nSPS) is 20.2. The molecule has 0 aromatic carbocycles. The van der Waals surface area contributed by atoms with Crippen molar-refractivity contribution >= 4 is 11.8 Å². The number of Topliss-reactive ketones (excluding diaryl/α,β-unsaturated/α-hetero) is 1. The second kappa shape index (κ2) is 6.68. The molecule has 0 aromatic rings. The predicted molar refractivity (Wildman–Crippen MR) is 74.4 cm³/mol. The van der Waals surface area contributed by atoms with Gasteiger partial charge in [0.05, 0.1) is 0 Å². The Morgan fingerprint density at radius 1 is 1.25 bits per heavy atom. The van der Waals surface area contributed by atoms with Crippen molar-refractivity contribution < 1.29 is 23.8 Å². The summed E-state index contributed by atoms with van der Waals surface area (Å²) in [4.78, 5) is 24.7. The van der Waals surface area contributed by atoms with E-state index in [0.29, 0.717) is 32.7 Å². The zero-order valence-electron chi connectivity index (χ0n) is 13.2. The van der Waals surface area contributed by atoms with Gasteiger partial charge in [0, 0.05) is 32.7 Å². The number of hydrogen-bond acceptors (Lipinski definition) is 5. The van der Waals surface area contributed by atoms with Crippen LogP contribution in [0.25, 0.3) is 0 Å². The van der Waals surface area contributed by atoms with Gasteiger partial charge in [-0.1, -0.05) is 0 Å². The number of carbonyl (C=O) groups is 2. The van der Waals surface area contributed by atoms with Crippen molar-refractivity contribution in [3.05, 3.63) is 0 Å². The Kier molecular flexibility index (Phi) is 5.71. The average Bonchev–Trinajstić information content (AvgIpc) is 2.36. The Morgan fingerprint density at radius 2 is 1.80 bits per heavy atom. The molecule has 0 bridgehead atoms. The molecule has 1 atom stereocenters.